The van der Waals surface area contributed by atoms with Crippen molar-refractivity contribution in [2.24, 2.45) is 7.05 Å². The van der Waals surface area contributed by atoms with Gasteiger partial charge in [-0.05, 0) is 12.1 Å². The monoisotopic (exact) mass is 230 g/mol. The van der Waals surface area contributed by atoms with E-state index in [1.165, 1.54) is 24.0 Å². The molecule has 0 radical (unpaired) electrons. The van der Waals surface area contributed by atoms with Crippen LogP contribution in [0.4, 0.5) is 0 Å². The van der Waals surface area contributed by atoms with E-state index in [2.05, 4.69) is 4.98 Å². The number of aromatic nitrogens is 2. The van der Waals surface area contributed by atoms with Gasteiger partial charge >= 0.3 is 5.97 Å². The topological polar surface area (TPSA) is 72.2 Å². The number of aryl methyl sites for hydroxylation is 1. The number of hydrogen-bond acceptors (Lipinski definition) is 3. The van der Waals surface area contributed by atoms with E-state index in [4.69, 9.17) is 5.11 Å². The van der Waals surface area contributed by atoms with E-state index in [-0.39, 0.29) is 5.56 Å². The Morgan fingerprint density at radius 2 is 2.18 bits per heavy atom. The first-order chi connectivity index (χ1) is 8.11. The molecule has 0 atom stereocenters. The van der Waals surface area contributed by atoms with E-state index in [0.29, 0.717) is 11.1 Å². The Balaban J connectivity index is 2.76. The second-order valence-electron chi connectivity index (χ2n) is 3.57. The molecule has 0 amide bonds. The van der Waals surface area contributed by atoms with Gasteiger partial charge in [0.2, 0.25) is 0 Å². The average molecular weight is 230 g/mol. The highest BCUT2D eigenvalue weighted by molar-refractivity contribution is 5.95. The van der Waals surface area contributed by atoms with Gasteiger partial charge in [0.05, 0.1) is 0 Å². The third-order valence-electron chi connectivity index (χ3n) is 2.45. The van der Waals surface area contributed by atoms with E-state index in [1.54, 1.807) is 24.4 Å². The molecule has 2 aromatic heterocycles. The van der Waals surface area contributed by atoms with Crippen molar-refractivity contribution in [3.05, 3.63) is 52.7 Å². The van der Waals surface area contributed by atoms with Gasteiger partial charge in [-0.2, -0.15) is 0 Å². The smallest absolute Gasteiger partial charge is 0.341 e. The summed E-state index contributed by atoms with van der Waals surface area (Å²) in [6.07, 6.45) is 4.66. The second-order valence-corrected chi connectivity index (χ2v) is 3.57. The van der Waals surface area contributed by atoms with Gasteiger partial charge in [-0.15, -0.1) is 0 Å². The fourth-order valence-corrected chi connectivity index (χ4v) is 1.60. The molecule has 0 bridgehead atoms. The zero-order valence-corrected chi connectivity index (χ0v) is 9.12. The SMILES string of the molecule is Cn1ccc(-c2cccnc2)c(C(=O)O)c1=O. The first kappa shape index (κ1) is 11.1. The summed E-state index contributed by atoms with van der Waals surface area (Å²) in [5.74, 6) is -1.23. The van der Waals surface area contributed by atoms with Crippen molar-refractivity contribution < 1.29 is 9.90 Å². The van der Waals surface area contributed by atoms with Gasteiger partial charge in [0.1, 0.15) is 5.56 Å². The molecule has 0 spiro atoms. The predicted octanol–water partition coefficient (Wildman–Crippen LogP) is 1.15. The number of pyridine rings is 2. The first-order valence-corrected chi connectivity index (χ1v) is 4.94. The molecule has 0 aliphatic rings. The van der Waals surface area contributed by atoms with Gasteiger partial charge in [0.25, 0.3) is 5.56 Å². The van der Waals surface area contributed by atoms with Gasteiger partial charge in [0, 0.05) is 36.8 Å². The Morgan fingerprint density at radius 3 is 2.76 bits per heavy atom. The number of carboxylic acids is 1. The molecule has 2 heterocycles. The van der Waals surface area contributed by atoms with Crippen molar-refractivity contribution in [3.8, 4) is 11.1 Å². The third-order valence-corrected chi connectivity index (χ3v) is 2.45. The molecule has 5 nitrogen and oxygen atoms in total. The largest absolute Gasteiger partial charge is 0.477 e. The lowest BCUT2D eigenvalue weighted by Crippen LogP contribution is -2.24. The Bertz CT molecular complexity index is 617. The van der Waals surface area contributed by atoms with Crippen molar-refractivity contribution in [1.82, 2.24) is 9.55 Å². The van der Waals surface area contributed by atoms with Crippen LogP contribution in [-0.4, -0.2) is 20.6 Å². The maximum Gasteiger partial charge on any atom is 0.341 e. The molecule has 17 heavy (non-hydrogen) atoms. The molecule has 2 aromatic rings. The third kappa shape index (κ3) is 1.94. The lowest BCUT2D eigenvalue weighted by molar-refractivity contribution is 0.0695. The molecule has 0 fully saturated rings. The Labute approximate surface area is 97.0 Å². The van der Waals surface area contributed by atoms with E-state index >= 15 is 0 Å². The quantitative estimate of drug-likeness (QED) is 0.839. The molecule has 0 saturated carbocycles. The van der Waals surface area contributed by atoms with Crippen LogP contribution < -0.4 is 5.56 Å². The highest BCUT2D eigenvalue weighted by Gasteiger charge is 2.17. The summed E-state index contributed by atoms with van der Waals surface area (Å²) < 4.78 is 1.24. The molecule has 0 aromatic carbocycles. The van der Waals surface area contributed by atoms with Crippen molar-refractivity contribution in [3.63, 3.8) is 0 Å². The standard InChI is InChI=1S/C12H10N2O3/c1-14-6-4-9(8-3-2-5-13-7-8)10(11(14)15)12(16)17/h2-7H,1H3,(H,16,17). The lowest BCUT2D eigenvalue weighted by Gasteiger charge is -2.06. The van der Waals surface area contributed by atoms with Crippen LogP contribution in [0.1, 0.15) is 10.4 Å². The number of aromatic carboxylic acids is 1. The van der Waals surface area contributed by atoms with Gasteiger partial charge < -0.3 is 9.67 Å². The fourth-order valence-electron chi connectivity index (χ4n) is 1.60. The van der Waals surface area contributed by atoms with Gasteiger partial charge in [-0.1, -0.05) is 6.07 Å². The summed E-state index contributed by atoms with van der Waals surface area (Å²) in [4.78, 5) is 26.8. The maximum absolute atomic E-state index is 11.8. The molecule has 5 heteroatoms. The number of rotatable bonds is 2. The van der Waals surface area contributed by atoms with E-state index in [9.17, 15) is 9.59 Å². The van der Waals surface area contributed by atoms with E-state index in [1.807, 2.05) is 0 Å². The zero-order valence-electron chi connectivity index (χ0n) is 9.12. The number of carbonyl (C=O) groups is 1. The van der Waals surface area contributed by atoms with Gasteiger partial charge in [-0.3, -0.25) is 9.78 Å². The highest BCUT2D eigenvalue weighted by Crippen LogP contribution is 2.19. The molecule has 0 aliphatic carbocycles. The first-order valence-electron chi connectivity index (χ1n) is 4.94. The number of hydrogen-bond donors (Lipinski definition) is 1. The average Bonchev–Trinajstić information content (AvgIpc) is 2.33. The summed E-state index contributed by atoms with van der Waals surface area (Å²) in [6.45, 7) is 0. The molecule has 1 N–H and O–H groups in total. The highest BCUT2D eigenvalue weighted by atomic mass is 16.4. The van der Waals surface area contributed by atoms with Crippen LogP contribution in [0.15, 0.2) is 41.6 Å². The Morgan fingerprint density at radius 1 is 1.41 bits per heavy atom. The molecule has 0 aliphatic heterocycles. The molecule has 0 saturated heterocycles. The molecular formula is C12H10N2O3. The van der Waals surface area contributed by atoms with Crippen LogP contribution in [0.3, 0.4) is 0 Å². The van der Waals surface area contributed by atoms with Gasteiger partial charge in [-0.25, -0.2) is 4.79 Å². The minimum absolute atomic E-state index is 0.233. The van der Waals surface area contributed by atoms with E-state index < -0.39 is 11.5 Å². The van der Waals surface area contributed by atoms with Crippen LogP contribution in [0.25, 0.3) is 11.1 Å². The predicted molar refractivity (Wildman–Crippen MR) is 61.9 cm³/mol. The van der Waals surface area contributed by atoms with Crippen LogP contribution in [0.5, 0.6) is 0 Å². The van der Waals surface area contributed by atoms with Crippen molar-refractivity contribution in [2.75, 3.05) is 0 Å². The molecule has 86 valence electrons. The second kappa shape index (κ2) is 4.21. The van der Waals surface area contributed by atoms with Crippen molar-refractivity contribution in [1.29, 1.82) is 0 Å². The summed E-state index contributed by atoms with van der Waals surface area (Å²) in [5.41, 5.74) is 0.234. The Hall–Kier alpha value is -2.43. The summed E-state index contributed by atoms with van der Waals surface area (Å²) in [5, 5.41) is 9.10. The van der Waals surface area contributed by atoms with Crippen molar-refractivity contribution in [2.45, 2.75) is 0 Å². The minimum atomic E-state index is -1.23. The van der Waals surface area contributed by atoms with Gasteiger partial charge in [0.15, 0.2) is 0 Å². The lowest BCUT2D eigenvalue weighted by atomic mass is 10.0. The summed E-state index contributed by atoms with van der Waals surface area (Å²) in [6, 6.07) is 5.01. The molecular weight excluding hydrogens is 220 g/mol. The number of carboxylic acid groups (broad SMARTS) is 1. The number of nitrogens with zero attached hydrogens (tertiary/aromatic N) is 2. The van der Waals surface area contributed by atoms with Crippen LogP contribution in [0, 0.1) is 0 Å². The normalized spacial score (nSPS) is 10.2. The summed E-state index contributed by atoms with van der Waals surface area (Å²) in [7, 11) is 1.52. The molecule has 2 rings (SSSR count). The van der Waals surface area contributed by atoms with Crippen molar-refractivity contribution >= 4 is 5.97 Å². The zero-order chi connectivity index (χ0) is 12.4. The molecule has 0 unspecified atom stereocenters. The van der Waals surface area contributed by atoms with Crippen LogP contribution >= 0.6 is 0 Å². The summed E-state index contributed by atoms with van der Waals surface area (Å²) >= 11 is 0. The van der Waals surface area contributed by atoms with Crippen LogP contribution in [-0.2, 0) is 7.05 Å². The Kier molecular flexibility index (Phi) is 2.74. The maximum atomic E-state index is 11.8. The van der Waals surface area contributed by atoms with Crippen LogP contribution in [0.2, 0.25) is 0 Å². The fraction of sp³-hybridized carbons (Fsp3) is 0.0833. The minimum Gasteiger partial charge on any atom is -0.477 e. The van der Waals surface area contributed by atoms with E-state index in [0.717, 1.165) is 0 Å².